The summed E-state index contributed by atoms with van der Waals surface area (Å²) in [5, 5.41) is 2.96. The topological polar surface area (TPSA) is 84.9 Å². The SMILES string of the molecule is CCS(=O)(=O)Oc1cc(CN(CC(C)C)C(=O)Nc2ccccc2C)ccc1OC. The van der Waals surface area contributed by atoms with Crippen LogP contribution in [0.3, 0.4) is 0 Å². The van der Waals surface area contributed by atoms with Gasteiger partial charge in [0, 0.05) is 18.8 Å². The Labute approximate surface area is 179 Å². The number of nitrogens with one attached hydrogen (secondary N) is 1. The molecule has 0 aromatic heterocycles. The number of hydrogen-bond donors (Lipinski definition) is 1. The molecule has 0 unspecified atom stereocenters. The molecule has 2 rings (SSSR count). The van der Waals surface area contributed by atoms with E-state index in [4.69, 9.17) is 8.92 Å². The zero-order chi connectivity index (χ0) is 22.3. The van der Waals surface area contributed by atoms with Crippen LogP contribution in [-0.2, 0) is 16.7 Å². The maximum Gasteiger partial charge on any atom is 0.322 e. The number of methoxy groups -OCH3 is 1. The summed E-state index contributed by atoms with van der Waals surface area (Å²) in [7, 11) is -2.26. The fourth-order valence-electron chi connectivity index (χ4n) is 2.87. The van der Waals surface area contributed by atoms with Crippen molar-refractivity contribution in [3.63, 3.8) is 0 Å². The van der Waals surface area contributed by atoms with Gasteiger partial charge in [0.2, 0.25) is 0 Å². The van der Waals surface area contributed by atoms with Gasteiger partial charge < -0.3 is 19.1 Å². The lowest BCUT2D eigenvalue weighted by molar-refractivity contribution is 0.201. The highest BCUT2D eigenvalue weighted by Gasteiger charge is 2.19. The van der Waals surface area contributed by atoms with E-state index in [2.05, 4.69) is 5.32 Å². The van der Waals surface area contributed by atoms with Crippen LogP contribution in [-0.4, -0.2) is 38.8 Å². The van der Waals surface area contributed by atoms with E-state index in [0.717, 1.165) is 16.8 Å². The van der Waals surface area contributed by atoms with Gasteiger partial charge in [-0.2, -0.15) is 8.42 Å². The fourth-order valence-corrected chi connectivity index (χ4v) is 3.39. The first-order chi connectivity index (χ1) is 14.1. The molecule has 8 heteroatoms. The summed E-state index contributed by atoms with van der Waals surface area (Å²) in [5.41, 5.74) is 2.46. The van der Waals surface area contributed by atoms with Crippen LogP contribution in [0, 0.1) is 12.8 Å². The molecule has 0 saturated heterocycles. The number of carbonyl (C=O) groups excluding carboxylic acids is 1. The second-order valence-electron chi connectivity index (χ2n) is 7.43. The van der Waals surface area contributed by atoms with Crippen LogP contribution in [0.4, 0.5) is 10.5 Å². The molecule has 0 aliphatic carbocycles. The highest BCUT2D eigenvalue weighted by atomic mass is 32.2. The molecule has 2 amide bonds. The van der Waals surface area contributed by atoms with E-state index in [9.17, 15) is 13.2 Å². The Morgan fingerprint density at radius 2 is 1.83 bits per heavy atom. The Hall–Kier alpha value is -2.74. The Morgan fingerprint density at radius 3 is 2.43 bits per heavy atom. The summed E-state index contributed by atoms with van der Waals surface area (Å²) >= 11 is 0. The summed E-state index contributed by atoms with van der Waals surface area (Å²) < 4.78 is 34.2. The van der Waals surface area contributed by atoms with E-state index in [0.29, 0.717) is 18.8 Å². The van der Waals surface area contributed by atoms with Gasteiger partial charge in [-0.1, -0.05) is 38.1 Å². The molecule has 0 atom stereocenters. The maximum atomic E-state index is 13.0. The Balaban J connectivity index is 2.27. The third-order valence-corrected chi connectivity index (χ3v) is 5.57. The van der Waals surface area contributed by atoms with Crippen LogP contribution in [0.25, 0.3) is 0 Å². The van der Waals surface area contributed by atoms with Crippen molar-refractivity contribution >= 4 is 21.8 Å². The molecule has 2 aromatic rings. The number of aryl methyl sites for hydroxylation is 1. The molecule has 0 saturated carbocycles. The second kappa shape index (κ2) is 10.3. The Morgan fingerprint density at radius 1 is 1.13 bits per heavy atom. The average Bonchev–Trinajstić information content (AvgIpc) is 2.69. The molecule has 0 radical (unpaired) electrons. The van der Waals surface area contributed by atoms with Crippen LogP contribution in [0.5, 0.6) is 11.5 Å². The van der Waals surface area contributed by atoms with Crippen molar-refractivity contribution in [3.05, 3.63) is 53.6 Å². The largest absolute Gasteiger partial charge is 0.493 e. The predicted molar refractivity (Wildman–Crippen MR) is 119 cm³/mol. The van der Waals surface area contributed by atoms with Gasteiger partial charge in [0.25, 0.3) is 0 Å². The first-order valence-corrected chi connectivity index (χ1v) is 11.4. The molecule has 164 valence electrons. The van der Waals surface area contributed by atoms with Crippen molar-refractivity contribution in [2.75, 3.05) is 24.7 Å². The molecule has 0 aliphatic rings. The first-order valence-electron chi connectivity index (χ1n) is 9.85. The number of rotatable bonds is 9. The van der Waals surface area contributed by atoms with E-state index < -0.39 is 10.1 Å². The number of anilines is 1. The Bertz CT molecular complexity index is 973. The minimum Gasteiger partial charge on any atom is -0.493 e. The smallest absolute Gasteiger partial charge is 0.322 e. The van der Waals surface area contributed by atoms with Crippen molar-refractivity contribution in [2.45, 2.75) is 34.2 Å². The van der Waals surface area contributed by atoms with Crippen LogP contribution >= 0.6 is 0 Å². The number of hydrogen-bond acceptors (Lipinski definition) is 5. The molecule has 0 aliphatic heterocycles. The third kappa shape index (κ3) is 6.66. The number of urea groups is 1. The first kappa shape index (κ1) is 23.5. The molecule has 0 bridgehead atoms. The average molecular weight is 435 g/mol. The van der Waals surface area contributed by atoms with Gasteiger partial charge in [-0.05, 0) is 49.1 Å². The van der Waals surface area contributed by atoms with Crippen LogP contribution in [0.1, 0.15) is 31.9 Å². The number of nitrogens with zero attached hydrogens (tertiary/aromatic N) is 1. The molecule has 0 fully saturated rings. The lowest BCUT2D eigenvalue weighted by Gasteiger charge is -2.26. The normalized spacial score (nSPS) is 11.3. The predicted octanol–water partition coefficient (Wildman–Crippen LogP) is 4.42. The van der Waals surface area contributed by atoms with E-state index in [1.54, 1.807) is 23.1 Å². The third-order valence-electron chi connectivity index (χ3n) is 4.43. The van der Waals surface area contributed by atoms with E-state index in [-0.39, 0.29) is 23.5 Å². The number of ether oxygens (including phenoxy) is 1. The van der Waals surface area contributed by atoms with Crippen molar-refractivity contribution < 1.29 is 22.1 Å². The van der Waals surface area contributed by atoms with Crippen molar-refractivity contribution in [1.82, 2.24) is 4.90 Å². The molecule has 30 heavy (non-hydrogen) atoms. The zero-order valence-electron chi connectivity index (χ0n) is 18.1. The van der Waals surface area contributed by atoms with Crippen LogP contribution in [0.15, 0.2) is 42.5 Å². The summed E-state index contributed by atoms with van der Waals surface area (Å²) in [4.78, 5) is 14.6. The fraction of sp³-hybridized carbons (Fsp3) is 0.409. The lowest BCUT2D eigenvalue weighted by Crippen LogP contribution is -2.37. The minimum atomic E-state index is -3.70. The van der Waals surface area contributed by atoms with E-state index in [1.807, 2.05) is 45.0 Å². The van der Waals surface area contributed by atoms with Gasteiger partial charge in [0.05, 0.1) is 12.9 Å². The van der Waals surface area contributed by atoms with Gasteiger partial charge in [-0.15, -0.1) is 0 Å². The van der Waals surface area contributed by atoms with Gasteiger partial charge in [-0.25, -0.2) is 4.79 Å². The van der Waals surface area contributed by atoms with Crippen LogP contribution in [0.2, 0.25) is 0 Å². The quantitative estimate of drug-likeness (QED) is 0.591. The summed E-state index contributed by atoms with van der Waals surface area (Å²) in [5.74, 6) is 0.525. The molecule has 0 spiro atoms. The summed E-state index contributed by atoms with van der Waals surface area (Å²) in [6, 6.07) is 12.4. The molecule has 1 N–H and O–H groups in total. The molecular formula is C22H30N2O5S. The summed E-state index contributed by atoms with van der Waals surface area (Å²) in [6.45, 7) is 8.33. The highest BCUT2D eigenvalue weighted by Crippen LogP contribution is 2.30. The van der Waals surface area contributed by atoms with Crippen molar-refractivity contribution in [3.8, 4) is 11.5 Å². The number of amides is 2. The minimum absolute atomic E-state index is 0.112. The second-order valence-corrected chi connectivity index (χ2v) is 9.29. The van der Waals surface area contributed by atoms with E-state index in [1.165, 1.54) is 14.0 Å². The summed E-state index contributed by atoms with van der Waals surface area (Å²) in [6.07, 6.45) is 0. The lowest BCUT2D eigenvalue weighted by atomic mass is 10.1. The zero-order valence-corrected chi connectivity index (χ0v) is 19.0. The molecular weight excluding hydrogens is 404 g/mol. The maximum absolute atomic E-state index is 13.0. The van der Waals surface area contributed by atoms with Crippen molar-refractivity contribution in [1.29, 1.82) is 0 Å². The number of carbonyl (C=O) groups is 1. The number of benzene rings is 2. The Kier molecular flexibility index (Phi) is 8.11. The van der Waals surface area contributed by atoms with Crippen LogP contribution < -0.4 is 14.2 Å². The molecule has 2 aromatic carbocycles. The van der Waals surface area contributed by atoms with Gasteiger partial charge in [-0.3, -0.25) is 0 Å². The van der Waals surface area contributed by atoms with Gasteiger partial charge in [0.15, 0.2) is 11.5 Å². The molecule has 0 heterocycles. The van der Waals surface area contributed by atoms with E-state index >= 15 is 0 Å². The van der Waals surface area contributed by atoms with Crippen molar-refractivity contribution in [2.24, 2.45) is 5.92 Å². The molecule has 7 nitrogen and oxygen atoms in total. The monoisotopic (exact) mass is 434 g/mol. The van der Waals surface area contributed by atoms with Gasteiger partial charge in [0.1, 0.15) is 0 Å². The number of para-hydroxylation sites is 1. The highest BCUT2D eigenvalue weighted by molar-refractivity contribution is 7.87. The standard InChI is InChI=1S/C22H30N2O5S/c1-6-30(26,27)29-21-13-18(11-12-20(21)28-5)15-24(14-16(2)3)22(25)23-19-10-8-7-9-17(19)4/h7-13,16H,6,14-15H2,1-5H3,(H,23,25). The van der Waals surface area contributed by atoms with Gasteiger partial charge >= 0.3 is 16.1 Å².